The first-order valence-electron chi connectivity index (χ1n) is 14.8. The summed E-state index contributed by atoms with van der Waals surface area (Å²) >= 11 is 0. The van der Waals surface area contributed by atoms with E-state index in [9.17, 15) is 4.79 Å². The van der Waals surface area contributed by atoms with Crippen LogP contribution in [-0.2, 0) is 23.8 Å². The average Bonchev–Trinajstić information content (AvgIpc) is 3.01. The van der Waals surface area contributed by atoms with Crippen LogP contribution in [0.25, 0.3) is 0 Å². The number of ether oxygens (including phenoxy) is 6. The summed E-state index contributed by atoms with van der Waals surface area (Å²) in [4.78, 5) is 20.3. The van der Waals surface area contributed by atoms with Gasteiger partial charge in [-0.2, -0.15) is 0 Å². The number of carbonyl (C=O) groups excluding carboxylic acids is 1. The van der Waals surface area contributed by atoms with E-state index >= 15 is 0 Å². The molecule has 4 rings (SSSR count). The Bertz CT molecular complexity index is 1320. The fourth-order valence-electron chi connectivity index (χ4n) is 4.45. The van der Waals surface area contributed by atoms with E-state index < -0.39 is 0 Å². The van der Waals surface area contributed by atoms with Crippen molar-refractivity contribution in [2.24, 2.45) is 0 Å². The number of carbonyl (C=O) groups is 1. The number of benzene rings is 3. The molecule has 11 nitrogen and oxygen atoms in total. The maximum Gasteiger partial charge on any atom is 0.250 e. The summed E-state index contributed by atoms with van der Waals surface area (Å²) in [5, 5.41) is 2.90. The lowest BCUT2D eigenvalue weighted by atomic mass is 10.2. The number of amides is 1. The Morgan fingerprint density at radius 1 is 0.773 bits per heavy atom. The number of aryl methyl sites for hydroxylation is 2. The first kappa shape index (κ1) is 32.9. The van der Waals surface area contributed by atoms with Gasteiger partial charge < -0.3 is 38.6 Å². The molecule has 11 heteroatoms. The minimum Gasteiger partial charge on any atom is -0.490 e. The van der Waals surface area contributed by atoms with Crippen molar-refractivity contribution < 1.29 is 38.1 Å². The fraction of sp³-hybridized carbons (Fsp3) is 0.424. The molecule has 0 fully saturated rings. The van der Waals surface area contributed by atoms with Crippen molar-refractivity contribution in [1.29, 1.82) is 0 Å². The molecule has 0 unspecified atom stereocenters. The summed E-state index contributed by atoms with van der Waals surface area (Å²) in [6, 6.07) is 19.4. The number of rotatable bonds is 5. The first-order valence-corrected chi connectivity index (χ1v) is 14.8. The summed E-state index contributed by atoms with van der Waals surface area (Å²) in [6.07, 6.45) is 0. The zero-order valence-electron chi connectivity index (χ0n) is 25.8. The Balaban J connectivity index is 1.55. The van der Waals surface area contributed by atoms with Crippen LogP contribution in [0.3, 0.4) is 0 Å². The lowest BCUT2D eigenvalue weighted by Crippen LogP contribution is -2.33. The van der Waals surface area contributed by atoms with Gasteiger partial charge in [-0.05, 0) is 61.4 Å². The van der Waals surface area contributed by atoms with Crippen LogP contribution in [0.4, 0.5) is 17.1 Å². The molecule has 1 aliphatic rings. The molecular formula is C33H43N3O8. The highest BCUT2D eigenvalue weighted by molar-refractivity contribution is 5.93. The largest absolute Gasteiger partial charge is 0.490 e. The molecule has 1 heterocycles. The van der Waals surface area contributed by atoms with Gasteiger partial charge in [0.25, 0.3) is 0 Å². The smallest absolute Gasteiger partial charge is 0.250 e. The van der Waals surface area contributed by atoms with E-state index in [-0.39, 0.29) is 19.1 Å². The average molecular weight is 610 g/mol. The molecule has 2 N–H and O–H groups in total. The number of methoxy groups -OCH3 is 1. The second-order valence-electron chi connectivity index (χ2n) is 10.2. The number of hydrogen-bond donors (Lipinski definition) is 2. The highest BCUT2D eigenvalue weighted by Crippen LogP contribution is 2.30. The fourth-order valence-corrected chi connectivity index (χ4v) is 4.45. The standard InChI is InChI=1S/C33H43N3O8/c1-25-8-10-27-31(22-25)41-14-12-36(29-6-4-5-7-30(29)43-20-16-38-3)13-15-42-32-23-26(2)9-11-28(32)35-44-21-19-39-17-18-40-24-33(37)34-27/h4-11,22-23,35H,12-21,24H2,1-3H3,(H,34,37). The minimum absolute atomic E-state index is 0.0986. The van der Waals surface area contributed by atoms with Crippen molar-refractivity contribution in [1.82, 2.24) is 0 Å². The van der Waals surface area contributed by atoms with E-state index in [0.717, 1.165) is 28.3 Å². The van der Waals surface area contributed by atoms with Crippen molar-refractivity contribution in [3.05, 3.63) is 71.8 Å². The van der Waals surface area contributed by atoms with Crippen LogP contribution >= 0.6 is 0 Å². The van der Waals surface area contributed by atoms with Gasteiger partial charge in [-0.25, -0.2) is 0 Å². The van der Waals surface area contributed by atoms with Gasteiger partial charge in [-0.1, -0.05) is 24.3 Å². The van der Waals surface area contributed by atoms with Gasteiger partial charge in [0.05, 0.1) is 57.5 Å². The third-order valence-electron chi connectivity index (χ3n) is 6.65. The zero-order chi connectivity index (χ0) is 31.0. The summed E-state index contributed by atoms with van der Waals surface area (Å²) in [7, 11) is 1.65. The number of hydrogen-bond acceptors (Lipinski definition) is 10. The Morgan fingerprint density at radius 2 is 1.43 bits per heavy atom. The molecule has 1 amide bonds. The highest BCUT2D eigenvalue weighted by atomic mass is 16.7. The Labute approximate surface area is 259 Å². The Hall–Kier alpha value is -4.03. The second kappa shape index (κ2) is 17.9. The van der Waals surface area contributed by atoms with Gasteiger partial charge in [-0.15, -0.1) is 0 Å². The molecule has 0 aromatic heterocycles. The lowest BCUT2D eigenvalue weighted by Gasteiger charge is -2.27. The predicted octanol–water partition coefficient (Wildman–Crippen LogP) is 4.62. The van der Waals surface area contributed by atoms with Crippen molar-refractivity contribution in [2.45, 2.75) is 13.8 Å². The first-order chi connectivity index (χ1) is 21.5. The monoisotopic (exact) mass is 609 g/mol. The molecule has 3 aromatic carbocycles. The predicted molar refractivity (Wildman–Crippen MR) is 169 cm³/mol. The summed E-state index contributed by atoms with van der Waals surface area (Å²) in [5.74, 6) is 1.73. The van der Waals surface area contributed by atoms with Crippen molar-refractivity contribution in [3.8, 4) is 17.2 Å². The molecule has 0 spiro atoms. The Kier molecular flexibility index (Phi) is 13.4. The molecule has 0 aliphatic carbocycles. The number of fused-ring (bicyclic) bond motifs is 2. The van der Waals surface area contributed by atoms with Gasteiger partial charge in [0.1, 0.15) is 49.4 Å². The van der Waals surface area contributed by atoms with Gasteiger partial charge in [0.2, 0.25) is 5.91 Å². The molecule has 0 atom stereocenters. The molecule has 0 saturated heterocycles. The minimum atomic E-state index is -0.275. The van der Waals surface area contributed by atoms with Crippen molar-refractivity contribution in [3.63, 3.8) is 0 Å². The molecule has 0 saturated carbocycles. The van der Waals surface area contributed by atoms with E-state index in [1.807, 2.05) is 74.5 Å². The second-order valence-corrected chi connectivity index (χ2v) is 10.2. The molecule has 0 radical (unpaired) electrons. The summed E-state index contributed by atoms with van der Waals surface area (Å²) < 4.78 is 34.8. The van der Waals surface area contributed by atoms with E-state index in [1.54, 1.807) is 7.11 Å². The van der Waals surface area contributed by atoms with Gasteiger partial charge >= 0.3 is 0 Å². The van der Waals surface area contributed by atoms with E-state index in [0.29, 0.717) is 76.5 Å². The van der Waals surface area contributed by atoms with Gasteiger partial charge in [0.15, 0.2) is 0 Å². The van der Waals surface area contributed by atoms with Crippen LogP contribution in [0.1, 0.15) is 11.1 Å². The van der Waals surface area contributed by atoms with E-state index in [2.05, 4.69) is 15.7 Å². The van der Waals surface area contributed by atoms with Crippen LogP contribution in [-0.4, -0.2) is 85.6 Å². The van der Waals surface area contributed by atoms with Crippen LogP contribution in [0.2, 0.25) is 0 Å². The number of nitrogens with zero attached hydrogens (tertiary/aromatic N) is 1. The Morgan fingerprint density at radius 3 is 2.18 bits per heavy atom. The molecule has 3 aromatic rings. The van der Waals surface area contributed by atoms with E-state index in [4.69, 9.17) is 33.3 Å². The normalized spacial score (nSPS) is 16.0. The third-order valence-corrected chi connectivity index (χ3v) is 6.65. The van der Waals surface area contributed by atoms with Crippen LogP contribution < -0.4 is 29.9 Å². The SMILES string of the molecule is COCCOc1ccccc1N1CCOc2cc(C)ccc2NOCCOCCOCC(=O)Nc2ccc(C)cc2OCC1. The van der Waals surface area contributed by atoms with Crippen LogP contribution in [0.15, 0.2) is 60.7 Å². The zero-order valence-corrected chi connectivity index (χ0v) is 25.8. The van der Waals surface area contributed by atoms with Crippen molar-refractivity contribution in [2.75, 3.05) is 95.4 Å². The maximum atomic E-state index is 12.6. The topological polar surface area (TPSA) is 109 Å². The maximum absolute atomic E-state index is 12.6. The number of anilines is 3. The number of para-hydroxylation sites is 2. The summed E-state index contributed by atoms with van der Waals surface area (Å²) in [5.41, 5.74) is 7.27. The van der Waals surface area contributed by atoms with Crippen molar-refractivity contribution >= 4 is 23.0 Å². The van der Waals surface area contributed by atoms with E-state index in [1.165, 1.54) is 0 Å². The molecule has 1 aliphatic heterocycles. The van der Waals surface area contributed by atoms with Gasteiger partial charge in [-0.3, -0.25) is 15.1 Å². The molecule has 0 bridgehead atoms. The highest BCUT2D eigenvalue weighted by Gasteiger charge is 2.15. The lowest BCUT2D eigenvalue weighted by molar-refractivity contribution is -0.121. The quantitative estimate of drug-likeness (QED) is 0.398. The van der Waals surface area contributed by atoms with Gasteiger partial charge in [0, 0.05) is 7.11 Å². The van der Waals surface area contributed by atoms with Crippen LogP contribution in [0, 0.1) is 13.8 Å². The molecule has 44 heavy (non-hydrogen) atoms. The third kappa shape index (κ3) is 10.6. The molecular weight excluding hydrogens is 566 g/mol. The van der Waals surface area contributed by atoms with Crippen LogP contribution in [0.5, 0.6) is 17.2 Å². The summed E-state index contributed by atoms with van der Waals surface area (Å²) in [6.45, 7) is 7.90. The molecule has 238 valence electrons. The number of nitrogens with one attached hydrogen (secondary N) is 2.